The Bertz CT molecular complexity index is 687. The molecule has 110 valence electrons. The number of benzene rings is 1. The number of halogens is 2. The lowest BCUT2D eigenvalue weighted by Gasteiger charge is -2.10. The third kappa shape index (κ3) is 3.39. The van der Waals surface area contributed by atoms with Crippen LogP contribution in [0.25, 0.3) is 0 Å². The van der Waals surface area contributed by atoms with Crippen molar-refractivity contribution in [2.75, 3.05) is 5.32 Å². The number of alkyl halides is 2. The first-order valence-corrected chi connectivity index (χ1v) is 6.40. The molecule has 2 aromatic rings. The highest BCUT2D eigenvalue weighted by atomic mass is 19.3. The topological polar surface area (TPSA) is 54.9 Å². The van der Waals surface area contributed by atoms with Gasteiger partial charge in [0.25, 0.3) is 12.3 Å². The van der Waals surface area contributed by atoms with Gasteiger partial charge < -0.3 is 5.32 Å². The quantitative estimate of drug-likeness (QED) is 0.940. The van der Waals surface area contributed by atoms with E-state index in [2.05, 4.69) is 15.3 Å². The van der Waals surface area contributed by atoms with Crippen LogP contribution in [-0.2, 0) is 0 Å². The van der Waals surface area contributed by atoms with Gasteiger partial charge in [-0.2, -0.15) is 0 Å². The SMILES string of the molecule is Cc1nc(C(=O)Nc2cccc(C)c2C)cc(C(F)F)n1. The van der Waals surface area contributed by atoms with E-state index in [1.54, 1.807) is 6.07 Å². The van der Waals surface area contributed by atoms with Crippen LogP contribution >= 0.6 is 0 Å². The van der Waals surface area contributed by atoms with Crippen LogP contribution in [-0.4, -0.2) is 15.9 Å². The second-order valence-corrected chi connectivity index (χ2v) is 4.73. The summed E-state index contributed by atoms with van der Waals surface area (Å²) in [4.78, 5) is 19.7. The molecule has 6 heteroatoms. The summed E-state index contributed by atoms with van der Waals surface area (Å²) < 4.78 is 25.4. The summed E-state index contributed by atoms with van der Waals surface area (Å²) in [5.74, 6) is -0.394. The average Bonchev–Trinajstić information content (AvgIpc) is 2.43. The van der Waals surface area contributed by atoms with Crippen LogP contribution in [0.5, 0.6) is 0 Å². The number of amides is 1. The molecule has 0 saturated heterocycles. The molecule has 0 radical (unpaired) electrons. The lowest BCUT2D eigenvalue weighted by Crippen LogP contribution is -2.16. The summed E-state index contributed by atoms with van der Waals surface area (Å²) in [7, 11) is 0. The Morgan fingerprint density at radius 3 is 2.57 bits per heavy atom. The summed E-state index contributed by atoms with van der Waals surface area (Å²) in [5, 5.41) is 2.69. The number of carbonyl (C=O) groups excluding carboxylic acids is 1. The van der Waals surface area contributed by atoms with E-state index in [0.29, 0.717) is 5.69 Å². The number of aromatic nitrogens is 2. The first kappa shape index (κ1) is 15.0. The van der Waals surface area contributed by atoms with E-state index in [9.17, 15) is 13.6 Å². The van der Waals surface area contributed by atoms with Gasteiger partial charge >= 0.3 is 0 Å². The standard InChI is InChI=1S/C15H15F2N3O/c1-8-5-4-6-11(9(8)2)20-15(21)13-7-12(14(16)17)18-10(3)19-13/h4-7,14H,1-3H3,(H,20,21). The summed E-state index contributed by atoms with van der Waals surface area (Å²) >= 11 is 0. The highest BCUT2D eigenvalue weighted by Crippen LogP contribution is 2.20. The highest BCUT2D eigenvalue weighted by Gasteiger charge is 2.16. The molecular formula is C15H15F2N3O. The van der Waals surface area contributed by atoms with Crippen LogP contribution in [0.4, 0.5) is 14.5 Å². The number of nitrogens with zero attached hydrogens (tertiary/aromatic N) is 2. The predicted molar refractivity (Wildman–Crippen MR) is 75.6 cm³/mol. The molecule has 0 spiro atoms. The van der Waals surface area contributed by atoms with Gasteiger partial charge in [0.15, 0.2) is 0 Å². The molecule has 0 bridgehead atoms. The fourth-order valence-corrected chi connectivity index (χ4v) is 1.89. The van der Waals surface area contributed by atoms with Gasteiger partial charge in [0.2, 0.25) is 0 Å². The van der Waals surface area contributed by atoms with Crippen molar-refractivity contribution in [1.82, 2.24) is 9.97 Å². The molecule has 0 aliphatic carbocycles. The van der Waals surface area contributed by atoms with E-state index in [1.807, 2.05) is 26.0 Å². The number of nitrogens with one attached hydrogen (secondary N) is 1. The lowest BCUT2D eigenvalue weighted by molar-refractivity contribution is 0.102. The first-order valence-electron chi connectivity index (χ1n) is 6.40. The Kier molecular flexibility index (Phi) is 4.26. The summed E-state index contributed by atoms with van der Waals surface area (Å²) in [6, 6.07) is 6.50. The van der Waals surface area contributed by atoms with Crippen LogP contribution in [0.3, 0.4) is 0 Å². The zero-order chi connectivity index (χ0) is 15.6. The van der Waals surface area contributed by atoms with E-state index in [0.717, 1.165) is 17.2 Å². The van der Waals surface area contributed by atoms with Crippen molar-refractivity contribution in [2.24, 2.45) is 0 Å². The maximum absolute atomic E-state index is 12.7. The van der Waals surface area contributed by atoms with E-state index >= 15 is 0 Å². The molecule has 0 aliphatic rings. The molecule has 1 heterocycles. The third-order valence-corrected chi connectivity index (χ3v) is 3.17. The monoisotopic (exact) mass is 291 g/mol. The lowest BCUT2D eigenvalue weighted by atomic mass is 10.1. The average molecular weight is 291 g/mol. The van der Waals surface area contributed by atoms with Crippen molar-refractivity contribution in [3.63, 3.8) is 0 Å². The summed E-state index contributed by atoms with van der Waals surface area (Å²) in [6.07, 6.45) is -2.74. The Morgan fingerprint density at radius 1 is 1.19 bits per heavy atom. The van der Waals surface area contributed by atoms with Crippen molar-refractivity contribution in [3.05, 3.63) is 52.6 Å². The van der Waals surface area contributed by atoms with Crippen LogP contribution in [0.15, 0.2) is 24.3 Å². The van der Waals surface area contributed by atoms with Crippen molar-refractivity contribution in [2.45, 2.75) is 27.2 Å². The van der Waals surface area contributed by atoms with Gasteiger partial charge in [-0.3, -0.25) is 4.79 Å². The maximum Gasteiger partial charge on any atom is 0.280 e. The van der Waals surface area contributed by atoms with E-state index in [4.69, 9.17) is 0 Å². The smallest absolute Gasteiger partial charge is 0.280 e. The fourth-order valence-electron chi connectivity index (χ4n) is 1.89. The Labute approximate surface area is 121 Å². The van der Waals surface area contributed by atoms with Gasteiger partial charge in [-0.15, -0.1) is 0 Å². The molecule has 1 aromatic heterocycles. The molecule has 0 atom stereocenters. The Morgan fingerprint density at radius 2 is 1.90 bits per heavy atom. The van der Waals surface area contributed by atoms with E-state index < -0.39 is 18.0 Å². The molecule has 0 unspecified atom stereocenters. The Balaban J connectivity index is 2.30. The van der Waals surface area contributed by atoms with Gasteiger partial charge in [0.05, 0.1) is 0 Å². The molecule has 0 aliphatic heterocycles. The number of aryl methyl sites for hydroxylation is 2. The third-order valence-electron chi connectivity index (χ3n) is 3.17. The molecule has 1 N–H and O–H groups in total. The molecule has 1 aromatic carbocycles. The number of hydrogen-bond donors (Lipinski definition) is 1. The minimum Gasteiger partial charge on any atom is -0.320 e. The molecule has 2 rings (SSSR count). The number of carbonyl (C=O) groups is 1. The zero-order valence-corrected chi connectivity index (χ0v) is 11.9. The second kappa shape index (κ2) is 5.95. The molecule has 21 heavy (non-hydrogen) atoms. The minimum absolute atomic E-state index is 0.0706. The number of rotatable bonds is 3. The largest absolute Gasteiger partial charge is 0.320 e. The number of anilines is 1. The molecule has 0 saturated carbocycles. The van der Waals surface area contributed by atoms with Crippen LogP contribution < -0.4 is 5.32 Å². The summed E-state index contributed by atoms with van der Waals surface area (Å²) in [6.45, 7) is 5.27. The van der Waals surface area contributed by atoms with Gasteiger partial charge in [-0.05, 0) is 44.0 Å². The van der Waals surface area contributed by atoms with Crippen molar-refractivity contribution in [3.8, 4) is 0 Å². The van der Waals surface area contributed by atoms with Gasteiger partial charge in [0.1, 0.15) is 17.2 Å². The van der Waals surface area contributed by atoms with E-state index in [1.165, 1.54) is 6.92 Å². The second-order valence-electron chi connectivity index (χ2n) is 4.73. The molecular weight excluding hydrogens is 276 g/mol. The van der Waals surface area contributed by atoms with Gasteiger partial charge in [-0.1, -0.05) is 12.1 Å². The Hall–Kier alpha value is -2.37. The predicted octanol–water partition coefficient (Wildman–Crippen LogP) is 3.59. The van der Waals surface area contributed by atoms with Crippen LogP contribution in [0.2, 0.25) is 0 Å². The van der Waals surface area contributed by atoms with Crippen molar-refractivity contribution in [1.29, 1.82) is 0 Å². The normalized spacial score (nSPS) is 10.8. The highest BCUT2D eigenvalue weighted by molar-refractivity contribution is 6.03. The van der Waals surface area contributed by atoms with Gasteiger partial charge in [-0.25, -0.2) is 18.7 Å². The molecule has 0 fully saturated rings. The minimum atomic E-state index is -2.74. The van der Waals surface area contributed by atoms with E-state index in [-0.39, 0.29) is 11.5 Å². The van der Waals surface area contributed by atoms with Crippen LogP contribution in [0.1, 0.15) is 39.6 Å². The van der Waals surface area contributed by atoms with Crippen LogP contribution in [0, 0.1) is 20.8 Å². The van der Waals surface area contributed by atoms with Crippen molar-refractivity contribution < 1.29 is 13.6 Å². The summed E-state index contributed by atoms with van der Waals surface area (Å²) in [5.41, 5.74) is 2.06. The molecule has 1 amide bonds. The maximum atomic E-state index is 12.7. The zero-order valence-electron chi connectivity index (χ0n) is 11.9. The van der Waals surface area contributed by atoms with Gasteiger partial charge in [0, 0.05) is 5.69 Å². The first-order chi connectivity index (χ1) is 9.88. The molecule has 4 nitrogen and oxygen atoms in total. The van der Waals surface area contributed by atoms with Crippen molar-refractivity contribution >= 4 is 11.6 Å². The number of hydrogen-bond acceptors (Lipinski definition) is 3. The fraction of sp³-hybridized carbons (Fsp3) is 0.267.